The first-order valence-corrected chi connectivity index (χ1v) is 3.27. The molecule has 14 heavy (non-hydrogen) atoms. The lowest BCUT2D eigenvalue weighted by Crippen LogP contribution is -2.38. The number of nitriles is 1. The average molecular weight is 197 g/mol. The predicted octanol–water partition coefficient (Wildman–Crippen LogP) is -2.16. The molecule has 0 saturated heterocycles. The molecule has 0 aromatic heterocycles. The number of nitrogens with two attached hydrogens (primary N) is 1. The highest BCUT2D eigenvalue weighted by Gasteiger charge is 2.06. The Balaban J connectivity index is 4.26. The largest absolute Gasteiger partial charge is 0.350 e. The smallest absolute Gasteiger partial charge is 0.330 e. The summed E-state index contributed by atoms with van der Waals surface area (Å²) in [4.78, 5) is 30.8. The molecule has 5 N–H and O–H groups in total. The maximum absolute atomic E-state index is 10.8. The van der Waals surface area contributed by atoms with Gasteiger partial charge in [0.25, 0.3) is 5.91 Å². The molecular formula is C6H7N5O3. The standard InChI is InChI=1S/C6H7N5O3/c7-1-4(5(13)9-3-12)2-10-11-6(8)14/h2-3,10H,(H3,8,11,14)(H,9,12,13)/b4-2+. The Bertz CT molecular complexity index is 316. The number of imide groups is 1. The molecule has 0 aromatic carbocycles. The minimum atomic E-state index is -0.888. The fourth-order valence-electron chi connectivity index (χ4n) is 0.459. The third kappa shape index (κ3) is 4.35. The number of rotatable bonds is 4. The molecule has 0 fully saturated rings. The summed E-state index contributed by atoms with van der Waals surface area (Å²) in [6.45, 7) is 0. The van der Waals surface area contributed by atoms with E-state index in [9.17, 15) is 14.4 Å². The van der Waals surface area contributed by atoms with Crippen LogP contribution in [0.4, 0.5) is 4.79 Å². The summed E-state index contributed by atoms with van der Waals surface area (Å²) < 4.78 is 0. The van der Waals surface area contributed by atoms with Gasteiger partial charge in [0, 0.05) is 6.20 Å². The Morgan fingerprint density at radius 1 is 1.43 bits per heavy atom. The summed E-state index contributed by atoms with van der Waals surface area (Å²) in [7, 11) is 0. The molecular weight excluding hydrogens is 190 g/mol. The first kappa shape index (κ1) is 11.4. The normalized spacial score (nSPS) is 9.50. The third-order valence-electron chi connectivity index (χ3n) is 0.967. The van der Waals surface area contributed by atoms with Gasteiger partial charge in [-0.05, 0) is 0 Å². The molecule has 0 rings (SSSR count). The van der Waals surface area contributed by atoms with Gasteiger partial charge in [-0.25, -0.2) is 4.79 Å². The van der Waals surface area contributed by atoms with E-state index < -0.39 is 11.9 Å². The van der Waals surface area contributed by atoms with Gasteiger partial charge < -0.3 is 11.2 Å². The average Bonchev–Trinajstić information content (AvgIpc) is 2.12. The molecule has 0 radical (unpaired) electrons. The zero-order valence-corrected chi connectivity index (χ0v) is 6.90. The van der Waals surface area contributed by atoms with Crippen LogP contribution in [-0.4, -0.2) is 18.3 Å². The van der Waals surface area contributed by atoms with Crippen LogP contribution in [0.3, 0.4) is 0 Å². The van der Waals surface area contributed by atoms with Crippen molar-refractivity contribution in [1.82, 2.24) is 16.2 Å². The number of hydrazine groups is 1. The van der Waals surface area contributed by atoms with Crippen LogP contribution < -0.4 is 21.9 Å². The Morgan fingerprint density at radius 3 is 2.50 bits per heavy atom. The fourth-order valence-corrected chi connectivity index (χ4v) is 0.459. The molecule has 0 spiro atoms. The number of hydrogen-bond donors (Lipinski definition) is 4. The summed E-state index contributed by atoms with van der Waals surface area (Å²) in [6, 6.07) is 0.616. The van der Waals surface area contributed by atoms with E-state index in [-0.39, 0.29) is 12.0 Å². The zero-order chi connectivity index (χ0) is 11.0. The molecule has 0 heterocycles. The predicted molar refractivity (Wildman–Crippen MR) is 43.8 cm³/mol. The number of nitrogens with zero attached hydrogens (tertiary/aromatic N) is 1. The van der Waals surface area contributed by atoms with Gasteiger partial charge in [-0.3, -0.25) is 20.3 Å². The molecule has 0 aromatic rings. The van der Waals surface area contributed by atoms with Crippen molar-refractivity contribution in [3.05, 3.63) is 11.8 Å². The lowest BCUT2D eigenvalue weighted by atomic mass is 10.3. The van der Waals surface area contributed by atoms with Crippen molar-refractivity contribution in [3.8, 4) is 6.07 Å². The first-order chi connectivity index (χ1) is 6.61. The molecule has 0 atom stereocenters. The van der Waals surface area contributed by atoms with Crippen LogP contribution in [0.5, 0.6) is 0 Å². The lowest BCUT2D eigenvalue weighted by molar-refractivity contribution is -0.122. The van der Waals surface area contributed by atoms with Gasteiger partial charge in [-0.1, -0.05) is 0 Å². The summed E-state index contributed by atoms with van der Waals surface area (Å²) in [5, 5.41) is 10.1. The Labute approximate surface area is 78.7 Å². The number of carbonyl (C=O) groups excluding carboxylic acids is 3. The number of nitrogens with one attached hydrogen (secondary N) is 3. The second kappa shape index (κ2) is 6.01. The molecule has 0 bridgehead atoms. The van der Waals surface area contributed by atoms with Crippen LogP contribution in [0.2, 0.25) is 0 Å². The van der Waals surface area contributed by atoms with E-state index in [1.807, 2.05) is 5.43 Å². The van der Waals surface area contributed by atoms with Gasteiger partial charge in [0.1, 0.15) is 11.6 Å². The Hall–Kier alpha value is -2.56. The van der Waals surface area contributed by atoms with Crippen LogP contribution in [0.25, 0.3) is 0 Å². The maximum Gasteiger partial charge on any atom is 0.330 e. The zero-order valence-electron chi connectivity index (χ0n) is 6.90. The van der Waals surface area contributed by atoms with Gasteiger partial charge in [0.05, 0.1) is 0 Å². The molecule has 0 aliphatic carbocycles. The van der Waals surface area contributed by atoms with Crippen molar-refractivity contribution in [2.45, 2.75) is 0 Å². The second-order valence-corrected chi connectivity index (χ2v) is 1.89. The minimum absolute atomic E-state index is 0.134. The van der Waals surface area contributed by atoms with Crippen molar-refractivity contribution < 1.29 is 14.4 Å². The van der Waals surface area contributed by atoms with Gasteiger partial charge in [0.15, 0.2) is 0 Å². The van der Waals surface area contributed by atoms with Crippen LogP contribution in [0.15, 0.2) is 11.8 Å². The number of urea groups is 1. The van der Waals surface area contributed by atoms with Crippen molar-refractivity contribution in [2.75, 3.05) is 0 Å². The summed E-state index contributed by atoms with van der Waals surface area (Å²) in [5.74, 6) is -0.888. The topological polar surface area (TPSA) is 137 Å². The van der Waals surface area contributed by atoms with Gasteiger partial charge in [-0.15, -0.1) is 0 Å². The highest BCUT2D eigenvalue weighted by molar-refractivity contribution is 6.02. The first-order valence-electron chi connectivity index (χ1n) is 3.27. The highest BCUT2D eigenvalue weighted by atomic mass is 16.2. The molecule has 0 saturated carbocycles. The number of carbonyl (C=O) groups is 3. The van der Waals surface area contributed by atoms with Crippen molar-refractivity contribution in [2.24, 2.45) is 5.73 Å². The van der Waals surface area contributed by atoms with E-state index in [1.165, 1.54) is 6.07 Å². The van der Waals surface area contributed by atoms with E-state index >= 15 is 0 Å². The maximum atomic E-state index is 10.8. The van der Waals surface area contributed by atoms with Crippen LogP contribution in [0.1, 0.15) is 0 Å². The van der Waals surface area contributed by atoms with E-state index in [4.69, 9.17) is 5.26 Å². The second-order valence-electron chi connectivity index (χ2n) is 1.89. The van der Waals surface area contributed by atoms with E-state index in [0.29, 0.717) is 0 Å². The van der Waals surface area contributed by atoms with E-state index in [1.54, 1.807) is 5.32 Å². The molecule has 0 aliphatic heterocycles. The van der Waals surface area contributed by atoms with Gasteiger partial charge in [-0.2, -0.15) is 5.26 Å². The monoisotopic (exact) mass is 197 g/mol. The lowest BCUT2D eigenvalue weighted by Gasteiger charge is -2.00. The van der Waals surface area contributed by atoms with E-state index in [0.717, 1.165) is 6.20 Å². The molecule has 8 heteroatoms. The third-order valence-corrected chi connectivity index (χ3v) is 0.967. The summed E-state index contributed by atoms with van der Waals surface area (Å²) in [6.07, 6.45) is 1.03. The molecule has 4 amide bonds. The molecule has 74 valence electrons. The van der Waals surface area contributed by atoms with Gasteiger partial charge >= 0.3 is 6.03 Å². The summed E-state index contributed by atoms with van der Waals surface area (Å²) >= 11 is 0. The molecule has 0 aliphatic rings. The highest BCUT2D eigenvalue weighted by Crippen LogP contribution is 1.87. The van der Waals surface area contributed by atoms with Crippen molar-refractivity contribution >= 4 is 18.3 Å². The van der Waals surface area contributed by atoms with Crippen LogP contribution >= 0.6 is 0 Å². The minimum Gasteiger partial charge on any atom is -0.350 e. The molecule has 0 unspecified atom stereocenters. The summed E-state index contributed by atoms with van der Waals surface area (Å²) in [5.41, 5.74) is 8.28. The van der Waals surface area contributed by atoms with Gasteiger partial charge in [0.2, 0.25) is 6.41 Å². The Kier molecular flexibility index (Phi) is 4.91. The van der Waals surface area contributed by atoms with Crippen LogP contribution in [-0.2, 0) is 9.59 Å². The van der Waals surface area contributed by atoms with Crippen LogP contribution in [0, 0.1) is 11.3 Å². The van der Waals surface area contributed by atoms with E-state index in [2.05, 4.69) is 11.2 Å². The van der Waals surface area contributed by atoms with Crippen molar-refractivity contribution in [3.63, 3.8) is 0 Å². The SMILES string of the molecule is N#C/C(=C\NNC(N)=O)C(=O)NC=O. The number of hydrogen-bond acceptors (Lipinski definition) is 5. The fraction of sp³-hybridized carbons (Fsp3) is 0. The van der Waals surface area contributed by atoms with Crippen molar-refractivity contribution in [1.29, 1.82) is 5.26 Å². The Morgan fingerprint density at radius 2 is 2.07 bits per heavy atom. The number of primary amides is 1. The molecule has 8 nitrogen and oxygen atoms in total. The quantitative estimate of drug-likeness (QED) is 0.176. The number of amides is 4.